The van der Waals surface area contributed by atoms with Gasteiger partial charge in [-0.05, 0) is 25.0 Å². The number of aryl methyl sites for hydroxylation is 2. The first kappa shape index (κ1) is 9.89. The molecule has 1 rings (SSSR count). The Hall–Kier alpha value is -1.20. The number of hydrogen-bond acceptors (Lipinski definition) is 4. The molecule has 0 amide bonds. The van der Waals surface area contributed by atoms with Gasteiger partial charge in [-0.25, -0.2) is 0 Å². The van der Waals surface area contributed by atoms with E-state index in [1.54, 1.807) is 6.07 Å². The third-order valence-electron chi connectivity index (χ3n) is 1.80. The number of nitrogen functional groups attached to an aromatic ring is 1. The molecule has 0 aliphatic heterocycles. The lowest BCUT2D eigenvalue weighted by molar-refractivity contribution is 0.287. The zero-order valence-electron chi connectivity index (χ0n) is 7.61. The molecule has 0 unspecified atom stereocenters. The molecule has 1 aromatic carbocycles. The maximum atomic E-state index is 8.58. The van der Waals surface area contributed by atoms with E-state index in [2.05, 4.69) is 0 Å². The second kappa shape index (κ2) is 3.68. The number of rotatable bonds is 2. The van der Waals surface area contributed by atoms with Crippen LogP contribution in [0.15, 0.2) is 12.1 Å². The van der Waals surface area contributed by atoms with Crippen molar-refractivity contribution in [2.75, 3.05) is 5.73 Å². The summed E-state index contributed by atoms with van der Waals surface area (Å²) in [5, 5.41) is 17.2. The summed E-state index contributed by atoms with van der Waals surface area (Å²) in [6.07, 6.45) is 0. The van der Waals surface area contributed by atoms with E-state index in [-0.39, 0.29) is 0 Å². The first-order valence-corrected chi connectivity index (χ1v) is 3.90. The quantitative estimate of drug-likeness (QED) is 0.451. The molecule has 4 N–H and O–H groups in total. The third kappa shape index (κ3) is 2.37. The van der Waals surface area contributed by atoms with E-state index in [0.717, 1.165) is 11.1 Å². The summed E-state index contributed by atoms with van der Waals surface area (Å²) in [5.74, 6) is 0.387. The molecule has 0 saturated heterocycles. The van der Waals surface area contributed by atoms with Gasteiger partial charge in [0.05, 0.1) is 0 Å². The van der Waals surface area contributed by atoms with Crippen molar-refractivity contribution in [1.82, 2.24) is 0 Å². The molecule has 4 nitrogen and oxygen atoms in total. The van der Waals surface area contributed by atoms with E-state index >= 15 is 0 Å². The van der Waals surface area contributed by atoms with E-state index in [1.807, 2.05) is 19.9 Å². The molecule has 13 heavy (non-hydrogen) atoms. The molecule has 0 aromatic heterocycles. The van der Waals surface area contributed by atoms with Crippen LogP contribution >= 0.6 is 0 Å². The molecule has 70 valence electrons. The molecule has 0 bridgehead atoms. The van der Waals surface area contributed by atoms with E-state index in [1.165, 1.54) is 0 Å². The van der Waals surface area contributed by atoms with Gasteiger partial charge in [-0.2, -0.15) is 0 Å². The summed E-state index contributed by atoms with van der Waals surface area (Å²) < 4.78 is 4.71. The fourth-order valence-electron chi connectivity index (χ4n) is 1.09. The first-order chi connectivity index (χ1) is 6.00. The van der Waals surface area contributed by atoms with Crippen molar-refractivity contribution in [3.8, 4) is 5.75 Å². The molecule has 1 aromatic rings. The van der Waals surface area contributed by atoms with Crippen LogP contribution in [0.2, 0.25) is 0 Å². The summed E-state index contributed by atoms with van der Waals surface area (Å²) >= 11 is 0. The standard InChI is InChI=1S/C8H12BNO3/c1-5-3-6(2)8(4-7(5)10)13-9(11)12/h3-4,11-12H,10H2,1-2H3. The highest BCUT2D eigenvalue weighted by molar-refractivity contribution is 6.33. The van der Waals surface area contributed by atoms with E-state index in [9.17, 15) is 0 Å². The Morgan fingerprint density at radius 1 is 1.23 bits per heavy atom. The van der Waals surface area contributed by atoms with Gasteiger partial charge in [0.15, 0.2) is 0 Å². The lowest BCUT2D eigenvalue weighted by atomic mass is 10.1. The van der Waals surface area contributed by atoms with Gasteiger partial charge in [0, 0.05) is 11.8 Å². The molecular formula is C8H12BNO3. The lowest BCUT2D eigenvalue weighted by Crippen LogP contribution is -2.21. The highest BCUT2D eigenvalue weighted by Crippen LogP contribution is 2.24. The lowest BCUT2D eigenvalue weighted by Gasteiger charge is -2.10. The largest absolute Gasteiger partial charge is 0.707 e. The smallest absolute Gasteiger partial charge is 0.512 e. The molecule has 0 heterocycles. The van der Waals surface area contributed by atoms with Crippen LogP contribution in [-0.4, -0.2) is 17.4 Å². The minimum atomic E-state index is -1.80. The van der Waals surface area contributed by atoms with Crippen molar-refractivity contribution >= 4 is 13.0 Å². The van der Waals surface area contributed by atoms with Crippen molar-refractivity contribution < 1.29 is 14.7 Å². The predicted molar refractivity (Wildman–Crippen MR) is 51.1 cm³/mol. The SMILES string of the molecule is Cc1cc(C)c(OB(O)O)cc1N. The van der Waals surface area contributed by atoms with Crippen LogP contribution in [0.1, 0.15) is 11.1 Å². The summed E-state index contributed by atoms with van der Waals surface area (Å²) in [6.45, 7) is 3.69. The zero-order chi connectivity index (χ0) is 10.0. The zero-order valence-corrected chi connectivity index (χ0v) is 7.61. The second-order valence-corrected chi connectivity index (χ2v) is 2.92. The summed E-state index contributed by atoms with van der Waals surface area (Å²) in [6, 6.07) is 3.40. The fraction of sp³-hybridized carbons (Fsp3) is 0.250. The summed E-state index contributed by atoms with van der Waals surface area (Å²) in [4.78, 5) is 0. The molecule has 0 atom stereocenters. The van der Waals surface area contributed by atoms with E-state index in [4.69, 9.17) is 20.4 Å². The van der Waals surface area contributed by atoms with Gasteiger partial charge in [0.2, 0.25) is 0 Å². The Labute approximate surface area is 77.1 Å². The van der Waals surface area contributed by atoms with Gasteiger partial charge in [-0.15, -0.1) is 0 Å². The normalized spacial score (nSPS) is 9.85. The van der Waals surface area contributed by atoms with Crippen LogP contribution in [0.4, 0.5) is 5.69 Å². The van der Waals surface area contributed by atoms with Crippen LogP contribution < -0.4 is 10.4 Å². The number of anilines is 1. The Balaban J connectivity index is 3.01. The van der Waals surface area contributed by atoms with Crippen LogP contribution in [0, 0.1) is 13.8 Å². The predicted octanol–water partition coefficient (Wildman–Crippen LogP) is 0.234. The Morgan fingerprint density at radius 3 is 2.38 bits per heavy atom. The van der Waals surface area contributed by atoms with Gasteiger partial charge in [-0.1, -0.05) is 6.07 Å². The topological polar surface area (TPSA) is 75.7 Å². The molecule has 0 fully saturated rings. The first-order valence-electron chi connectivity index (χ1n) is 3.90. The van der Waals surface area contributed by atoms with Crippen LogP contribution in [0.5, 0.6) is 5.75 Å². The molecule has 5 heteroatoms. The molecule has 0 spiro atoms. The summed E-state index contributed by atoms with van der Waals surface area (Å²) in [7, 11) is -1.80. The van der Waals surface area contributed by atoms with Crippen LogP contribution in [0.3, 0.4) is 0 Å². The van der Waals surface area contributed by atoms with Gasteiger partial charge in [0.25, 0.3) is 0 Å². The number of nitrogens with two attached hydrogens (primary N) is 1. The molecule has 0 aliphatic carbocycles. The van der Waals surface area contributed by atoms with Crippen molar-refractivity contribution in [1.29, 1.82) is 0 Å². The molecular weight excluding hydrogens is 169 g/mol. The van der Waals surface area contributed by atoms with Gasteiger partial charge in [0.1, 0.15) is 5.75 Å². The van der Waals surface area contributed by atoms with Crippen molar-refractivity contribution in [3.63, 3.8) is 0 Å². The van der Waals surface area contributed by atoms with E-state index in [0.29, 0.717) is 11.4 Å². The van der Waals surface area contributed by atoms with E-state index < -0.39 is 7.32 Å². The molecule has 0 aliphatic rings. The Kier molecular flexibility index (Phi) is 2.80. The molecule has 0 saturated carbocycles. The average molecular weight is 181 g/mol. The highest BCUT2D eigenvalue weighted by atomic mass is 16.6. The van der Waals surface area contributed by atoms with Gasteiger partial charge < -0.3 is 20.4 Å². The molecule has 0 radical (unpaired) electrons. The minimum absolute atomic E-state index is 0.387. The summed E-state index contributed by atoms with van der Waals surface area (Å²) in [5.41, 5.74) is 7.95. The average Bonchev–Trinajstić information content (AvgIpc) is 1.99. The van der Waals surface area contributed by atoms with Gasteiger partial charge >= 0.3 is 7.32 Å². The van der Waals surface area contributed by atoms with Crippen molar-refractivity contribution in [3.05, 3.63) is 23.3 Å². The monoisotopic (exact) mass is 181 g/mol. The minimum Gasteiger partial charge on any atom is -0.512 e. The second-order valence-electron chi connectivity index (χ2n) is 2.92. The third-order valence-corrected chi connectivity index (χ3v) is 1.80. The van der Waals surface area contributed by atoms with Crippen molar-refractivity contribution in [2.24, 2.45) is 0 Å². The fourth-order valence-corrected chi connectivity index (χ4v) is 1.09. The van der Waals surface area contributed by atoms with Crippen molar-refractivity contribution in [2.45, 2.75) is 13.8 Å². The highest BCUT2D eigenvalue weighted by Gasteiger charge is 2.13. The van der Waals surface area contributed by atoms with Gasteiger partial charge in [-0.3, -0.25) is 0 Å². The Morgan fingerprint density at radius 2 is 1.85 bits per heavy atom. The van der Waals surface area contributed by atoms with Crippen LogP contribution in [0.25, 0.3) is 0 Å². The maximum absolute atomic E-state index is 8.58. The Bertz CT molecular complexity index is 315. The number of benzene rings is 1. The maximum Gasteiger partial charge on any atom is 0.707 e. The van der Waals surface area contributed by atoms with Crippen LogP contribution in [-0.2, 0) is 0 Å². The number of hydrogen-bond donors (Lipinski definition) is 3.